The average Bonchev–Trinajstić information content (AvgIpc) is 3.31. The molecule has 0 saturated carbocycles. The number of fused-ring (bicyclic) bond motifs is 2. The Morgan fingerprint density at radius 2 is 0.721 bits per heavy atom. The normalized spacial score (nSPS) is 18.5. The molecule has 0 amide bonds. The van der Waals surface area contributed by atoms with Gasteiger partial charge in [0.2, 0.25) is 0 Å². The SMILES string of the molecule is Cc1ccc(C)c2c1C=C(P(C(C)(C)C)C(C)(C)C)[CH]2[Zr+2][CH]1C(P(C(C)(C)C)C(C)(C)C)=Cc2c(C)ccc(C)c21.[Cl-].[Cl-]. The zero-order valence-corrected chi connectivity index (χ0v) is 35.5. The number of hydrogen-bond acceptors (Lipinski definition) is 0. The Labute approximate surface area is 292 Å². The Morgan fingerprint density at radius 1 is 0.465 bits per heavy atom. The summed E-state index contributed by atoms with van der Waals surface area (Å²) in [6, 6.07) is 9.57. The van der Waals surface area contributed by atoms with Crippen molar-refractivity contribution < 1.29 is 48.0 Å². The third kappa shape index (κ3) is 7.70. The van der Waals surface area contributed by atoms with E-state index < -0.39 is 23.2 Å². The molecule has 2 aromatic rings. The van der Waals surface area contributed by atoms with Gasteiger partial charge in [-0.25, -0.2) is 0 Å². The number of hydrogen-bond donors (Lipinski definition) is 0. The van der Waals surface area contributed by atoms with Crippen LogP contribution < -0.4 is 24.8 Å². The molecule has 0 spiro atoms. The monoisotopic (exact) mass is 734 g/mol. The van der Waals surface area contributed by atoms with Gasteiger partial charge in [0, 0.05) is 0 Å². The third-order valence-electron chi connectivity index (χ3n) is 8.73. The van der Waals surface area contributed by atoms with E-state index in [1.807, 2.05) is 10.6 Å². The fourth-order valence-corrected chi connectivity index (χ4v) is 24.0. The van der Waals surface area contributed by atoms with Crippen molar-refractivity contribution in [3.63, 3.8) is 0 Å². The second-order valence-electron chi connectivity index (χ2n) is 16.6. The van der Waals surface area contributed by atoms with Crippen LogP contribution in [0.3, 0.4) is 0 Å². The molecule has 2 unspecified atom stereocenters. The summed E-state index contributed by atoms with van der Waals surface area (Å²) in [5, 5.41) is 4.69. The number of halogens is 2. The first-order valence-electron chi connectivity index (χ1n) is 15.5. The van der Waals surface area contributed by atoms with Gasteiger partial charge in [0.15, 0.2) is 0 Å². The zero-order valence-electron chi connectivity index (χ0n) is 29.8. The van der Waals surface area contributed by atoms with Gasteiger partial charge in [-0.1, -0.05) is 0 Å². The van der Waals surface area contributed by atoms with Crippen LogP contribution in [0, 0.1) is 27.7 Å². The van der Waals surface area contributed by atoms with Crippen molar-refractivity contribution in [1.82, 2.24) is 0 Å². The van der Waals surface area contributed by atoms with E-state index in [-0.39, 0.29) is 61.3 Å². The van der Waals surface area contributed by atoms with Crippen molar-refractivity contribution in [2.24, 2.45) is 0 Å². The molecule has 2 atom stereocenters. The summed E-state index contributed by atoms with van der Waals surface area (Å²) in [6.07, 6.45) is 5.42. The molecule has 0 bridgehead atoms. The van der Waals surface area contributed by atoms with Crippen LogP contribution in [0.25, 0.3) is 12.2 Å². The Bertz CT molecular complexity index is 1270. The van der Waals surface area contributed by atoms with E-state index in [1.165, 1.54) is 22.3 Å². The van der Waals surface area contributed by atoms with Gasteiger partial charge < -0.3 is 24.8 Å². The maximum atomic E-state index is 2.71. The van der Waals surface area contributed by atoms with Crippen molar-refractivity contribution in [2.45, 2.75) is 139 Å². The van der Waals surface area contributed by atoms with E-state index in [1.54, 1.807) is 22.3 Å². The number of allylic oxidation sites excluding steroid dienone is 2. The van der Waals surface area contributed by atoms with Gasteiger partial charge >= 0.3 is 269 Å². The molecule has 0 heterocycles. The summed E-state index contributed by atoms with van der Waals surface area (Å²) in [7, 11) is -0.682. The van der Waals surface area contributed by atoms with Crippen LogP contribution in [0.15, 0.2) is 34.9 Å². The zero-order chi connectivity index (χ0) is 31.0. The molecule has 2 aliphatic rings. The molecule has 0 radical (unpaired) electrons. The topological polar surface area (TPSA) is 0 Å². The summed E-state index contributed by atoms with van der Waals surface area (Å²) in [4.78, 5) is 0. The van der Waals surface area contributed by atoms with E-state index in [2.05, 4.69) is 147 Å². The summed E-state index contributed by atoms with van der Waals surface area (Å²) in [5.74, 6) is 0. The van der Waals surface area contributed by atoms with Crippen LogP contribution in [-0.2, 0) is 23.2 Å². The summed E-state index contributed by atoms with van der Waals surface area (Å²) < 4.78 is 1.27. The minimum Gasteiger partial charge on any atom is -1.00 e. The van der Waals surface area contributed by atoms with Crippen molar-refractivity contribution >= 4 is 28.0 Å². The summed E-state index contributed by atoms with van der Waals surface area (Å²) >= 11 is -1.05. The second-order valence-corrected chi connectivity index (χ2v) is 28.0. The van der Waals surface area contributed by atoms with E-state index in [0.29, 0.717) is 7.25 Å². The largest absolute Gasteiger partial charge is 1.00 e. The number of benzene rings is 2. The maximum Gasteiger partial charge on any atom is -1.00 e. The molecule has 43 heavy (non-hydrogen) atoms. The molecular weight excluding hydrogens is 680 g/mol. The predicted molar refractivity (Wildman–Crippen MR) is 186 cm³/mol. The first-order chi connectivity index (χ1) is 18.5. The minimum atomic E-state index is -1.05. The summed E-state index contributed by atoms with van der Waals surface area (Å²) in [5.41, 5.74) is 12.5. The molecule has 0 fully saturated rings. The van der Waals surface area contributed by atoms with Gasteiger partial charge in [0.05, 0.1) is 0 Å². The molecule has 5 heteroatoms. The quantitative estimate of drug-likeness (QED) is 0.309. The van der Waals surface area contributed by atoms with Crippen molar-refractivity contribution in [2.75, 3.05) is 0 Å². The van der Waals surface area contributed by atoms with Gasteiger partial charge in [0.25, 0.3) is 0 Å². The van der Waals surface area contributed by atoms with Gasteiger partial charge in [-0.3, -0.25) is 0 Å². The van der Waals surface area contributed by atoms with Crippen molar-refractivity contribution in [3.8, 4) is 0 Å². The molecule has 236 valence electrons. The maximum absolute atomic E-state index is 2.71. The smallest absolute Gasteiger partial charge is 1.00 e. The van der Waals surface area contributed by atoms with Crippen molar-refractivity contribution in [1.29, 1.82) is 0 Å². The molecular formula is C38H56Cl2P2Zr. The Morgan fingerprint density at radius 3 is 0.977 bits per heavy atom. The van der Waals surface area contributed by atoms with Gasteiger partial charge in [0.1, 0.15) is 0 Å². The molecule has 0 saturated heterocycles. The Hall–Kier alpha value is 0.243. The van der Waals surface area contributed by atoms with Gasteiger partial charge in [-0.2, -0.15) is 0 Å². The second kappa shape index (κ2) is 13.4. The number of rotatable bonds is 4. The van der Waals surface area contributed by atoms with Gasteiger partial charge in [-0.15, -0.1) is 0 Å². The van der Waals surface area contributed by atoms with Crippen LogP contribution >= 0.6 is 15.8 Å². The predicted octanol–water partition coefficient (Wildman–Crippen LogP) is 6.66. The molecule has 2 aliphatic carbocycles. The standard InChI is InChI=1S/2C19H28P.2ClH.Zr/c2*1-13-9-10-14(2)17-12-15(11-16(13)17)20(18(3,4)5)19(6,7)8;;;/h2*9-12H,1-8H3;2*1H;/q;;;;+2/p-2. The van der Waals surface area contributed by atoms with Crippen molar-refractivity contribution in [3.05, 3.63) is 79.4 Å². The fourth-order valence-electron chi connectivity index (χ4n) is 8.07. The Balaban J connectivity index is 0.00000323. The minimum absolute atomic E-state index is 0. The molecule has 4 rings (SSSR count). The average molecular weight is 737 g/mol. The van der Waals surface area contributed by atoms with Crippen LogP contribution in [0.2, 0.25) is 0 Å². The fraction of sp³-hybridized carbons (Fsp3) is 0.579. The van der Waals surface area contributed by atoms with Crippen LogP contribution in [-0.4, -0.2) is 20.6 Å². The van der Waals surface area contributed by atoms with Crippen LogP contribution in [0.1, 0.15) is 135 Å². The van der Waals surface area contributed by atoms with E-state index >= 15 is 0 Å². The van der Waals surface area contributed by atoms with Gasteiger partial charge in [-0.05, 0) is 0 Å². The van der Waals surface area contributed by atoms with Crippen LogP contribution in [0.5, 0.6) is 0 Å². The molecule has 0 aliphatic heterocycles. The molecule has 0 aromatic heterocycles. The molecule has 0 N–H and O–H groups in total. The third-order valence-corrected chi connectivity index (χ3v) is 21.7. The molecule has 0 nitrogen and oxygen atoms in total. The number of aryl methyl sites for hydroxylation is 4. The van der Waals surface area contributed by atoms with E-state index in [4.69, 9.17) is 0 Å². The first kappa shape index (κ1) is 39.4. The summed E-state index contributed by atoms with van der Waals surface area (Å²) in [6.45, 7) is 39.6. The van der Waals surface area contributed by atoms with E-state index in [0.717, 1.165) is 0 Å². The molecule has 2 aromatic carbocycles. The Kier molecular flexibility index (Phi) is 12.3. The van der Waals surface area contributed by atoms with E-state index in [9.17, 15) is 0 Å². The van der Waals surface area contributed by atoms with Crippen LogP contribution in [0.4, 0.5) is 0 Å². The first-order valence-corrected chi connectivity index (χ1v) is 21.1.